The van der Waals surface area contributed by atoms with Gasteiger partial charge in [0.25, 0.3) is 11.8 Å². The molecule has 1 aliphatic heterocycles. The molecule has 40 heavy (non-hydrogen) atoms. The fourth-order valence-electron chi connectivity index (χ4n) is 6.00. The molecule has 1 saturated heterocycles. The van der Waals surface area contributed by atoms with Crippen LogP contribution < -0.4 is 5.32 Å². The van der Waals surface area contributed by atoms with Crippen molar-refractivity contribution in [3.63, 3.8) is 0 Å². The first-order valence-corrected chi connectivity index (χ1v) is 15.4. The lowest BCUT2D eigenvalue weighted by molar-refractivity contribution is 0.0593. The maximum Gasteiger partial charge on any atom is 0.254 e. The Morgan fingerprint density at radius 1 is 1.12 bits per heavy atom. The molecular formula is C32H42ClN5O2. The van der Waals surface area contributed by atoms with Crippen LogP contribution in [0.15, 0.2) is 36.4 Å². The number of carbonyl (C=O) groups excluding carboxylic acids is 2. The van der Waals surface area contributed by atoms with Gasteiger partial charge in [-0.15, -0.1) is 0 Å². The Bertz CT molecular complexity index is 1350. The first kappa shape index (κ1) is 28.6. The van der Waals surface area contributed by atoms with Gasteiger partial charge in [0.2, 0.25) is 0 Å². The molecule has 0 radical (unpaired) electrons. The number of H-pyrrole nitrogens is 1. The number of amides is 2. The monoisotopic (exact) mass is 563 g/mol. The van der Waals surface area contributed by atoms with E-state index < -0.39 is 0 Å². The quantitative estimate of drug-likeness (QED) is 0.272. The maximum atomic E-state index is 13.9. The van der Waals surface area contributed by atoms with Crippen molar-refractivity contribution in [2.75, 3.05) is 26.2 Å². The second kappa shape index (κ2) is 12.7. The van der Waals surface area contributed by atoms with E-state index in [0.717, 1.165) is 86.9 Å². The van der Waals surface area contributed by atoms with Crippen molar-refractivity contribution < 1.29 is 9.59 Å². The molecule has 5 rings (SSSR count). The van der Waals surface area contributed by atoms with Crippen molar-refractivity contribution in [3.05, 3.63) is 63.9 Å². The van der Waals surface area contributed by atoms with Gasteiger partial charge in [-0.25, -0.2) is 4.98 Å². The summed E-state index contributed by atoms with van der Waals surface area (Å²) >= 11 is 6.11. The van der Waals surface area contributed by atoms with Crippen LogP contribution in [0.1, 0.15) is 110 Å². The van der Waals surface area contributed by atoms with Gasteiger partial charge in [0.1, 0.15) is 5.82 Å². The van der Waals surface area contributed by atoms with Gasteiger partial charge in [0.05, 0.1) is 17.1 Å². The normalized spacial score (nSPS) is 18.3. The third kappa shape index (κ3) is 6.52. The molecule has 1 aliphatic carbocycles. The smallest absolute Gasteiger partial charge is 0.254 e. The molecule has 2 aliphatic rings. The number of fused-ring (bicyclic) bond motifs is 1. The summed E-state index contributed by atoms with van der Waals surface area (Å²) in [6.45, 7) is 10.4. The van der Waals surface area contributed by atoms with Crippen molar-refractivity contribution in [2.45, 2.75) is 83.7 Å². The van der Waals surface area contributed by atoms with Crippen LogP contribution in [-0.2, 0) is 0 Å². The number of aromatic amines is 1. The van der Waals surface area contributed by atoms with Crippen LogP contribution in [-0.4, -0.2) is 63.8 Å². The molecule has 2 unspecified atom stereocenters. The standard InChI is InChI=1S/C32H42ClN5O2/c1-4-37(5-2)17-8-10-25-9-6-7-18-38(25)32(40)26-15-13-23(19-27(26)22-11-12-22)31(39)34-21(3)30-35-28-16-14-24(33)20-29(28)36-30/h13-16,19-22,25H,4-12,17-18H2,1-3H3,(H,34,39)(H,35,36). The first-order chi connectivity index (χ1) is 19.4. The zero-order chi connectivity index (χ0) is 28.2. The van der Waals surface area contributed by atoms with E-state index in [1.54, 1.807) is 12.1 Å². The van der Waals surface area contributed by atoms with Gasteiger partial charge >= 0.3 is 0 Å². The summed E-state index contributed by atoms with van der Waals surface area (Å²) < 4.78 is 0. The molecule has 0 bridgehead atoms. The predicted molar refractivity (Wildman–Crippen MR) is 161 cm³/mol. The summed E-state index contributed by atoms with van der Waals surface area (Å²) in [6, 6.07) is 11.1. The number of halogens is 1. The van der Waals surface area contributed by atoms with Gasteiger partial charge in [-0.2, -0.15) is 0 Å². The Morgan fingerprint density at radius 3 is 2.67 bits per heavy atom. The topological polar surface area (TPSA) is 81.3 Å². The molecular weight excluding hydrogens is 522 g/mol. The lowest BCUT2D eigenvalue weighted by Gasteiger charge is -2.37. The molecule has 8 heteroatoms. The number of likely N-dealkylation sites (tertiary alicyclic amines) is 1. The van der Waals surface area contributed by atoms with Gasteiger partial charge in [0.15, 0.2) is 0 Å². The van der Waals surface area contributed by atoms with Gasteiger partial charge < -0.3 is 20.1 Å². The molecule has 214 valence electrons. The molecule has 2 fully saturated rings. The number of hydrogen-bond acceptors (Lipinski definition) is 4. The SMILES string of the molecule is CCN(CC)CCCC1CCCCN1C(=O)c1ccc(C(=O)NC(C)c2nc3ccc(Cl)cc3[nH]2)cc1C1CC1. The molecule has 1 aromatic heterocycles. The number of nitrogens with zero attached hydrogens (tertiary/aromatic N) is 3. The Morgan fingerprint density at radius 2 is 1.93 bits per heavy atom. The van der Waals surface area contributed by atoms with E-state index in [1.165, 1.54) is 6.42 Å². The summed E-state index contributed by atoms with van der Waals surface area (Å²) in [6.07, 6.45) is 7.62. The zero-order valence-corrected chi connectivity index (χ0v) is 24.8. The maximum absolute atomic E-state index is 13.9. The lowest BCUT2D eigenvalue weighted by atomic mass is 9.94. The minimum absolute atomic E-state index is 0.135. The highest BCUT2D eigenvalue weighted by molar-refractivity contribution is 6.31. The van der Waals surface area contributed by atoms with E-state index in [9.17, 15) is 9.59 Å². The van der Waals surface area contributed by atoms with E-state index >= 15 is 0 Å². The Labute approximate surface area is 242 Å². The molecule has 2 aromatic carbocycles. The Kier molecular flexibility index (Phi) is 9.11. The Balaban J connectivity index is 1.29. The van der Waals surface area contributed by atoms with Gasteiger partial charge in [-0.1, -0.05) is 25.4 Å². The molecule has 1 saturated carbocycles. The van der Waals surface area contributed by atoms with E-state index in [1.807, 2.05) is 31.2 Å². The number of imidazole rings is 1. The first-order valence-electron chi connectivity index (χ1n) is 15.0. The van der Waals surface area contributed by atoms with Gasteiger partial charge in [0, 0.05) is 28.7 Å². The molecule has 3 aromatic rings. The lowest BCUT2D eigenvalue weighted by Crippen LogP contribution is -2.44. The van der Waals surface area contributed by atoms with Crippen LogP contribution in [0, 0.1) is 0 Å². The third-order valence-corrected chi connectivity index (χ3v) is 8.81. The summed E-state index contributed by atoms with van der Waals surface area (Å²) in [5.41, 5.74) is 4.03. The highest BCUT2D eigenvalue weighted by Crippen LogP contribution is 2.42. The van der Waals surface area contributed by atoms with E-state index in [2.05, 4.69) is 38.9 Å². The highest BCUT2D eigenvalue weighted by atomic mass is 35.5. The number of aromatic nitrogens is 2. The second-order valence-electron chi connectivity index (χ2n) is 11.4. The van der Waals surface area contributed by atoms with E-state index in [4.69, 9.17) is 11.6 Å². The molecule has 7 nitrogen and oxygen atoms in total. The predicted octanol–water partition coefficient (Wildman–Crippen LogP) is 6.70. The number of carbonyl (C=O) groups is 2. The summed E-state index contributed by atoms with van der Waals surface area (Å²) in [5.74, 6) is 1.00. The molecule has 2 atom stereocenters. The molecule has 2 heterocycles. The van der Waals surface area contributed by atoms with Gasteiger partial charge in [-0.3, -0.25) is 9.59 Å². The molecule has 0 spiro atoms. The largest absolute Gasteiger partial charge is 0.342 e. The van der Waals surface area contributed by atoms with E-state index in [-0.39, 0.29) is 17.9 Å². The van der Waals surface area contributed by atoms with Crippen LogP contribution in [0.5, 0.6) is 0 Å². The summed E-state index contributed by atoms with van der Waals surface area (Å²) in [7, 11) is 0. The van der Waals surface area contributed by atoms with Crippen molar-refractivity contribution >= 4 is 34.4 Å². The number of rotatable bonds is 11. The van der Waals surface area contributed by atoms with Crippen molar-refractivity contribution in [1.29, 1.82) is 0 Å². The number of nitrogens with one attached hydrogen (secondary N) is 2. The van der Waals surface area contributed by atoms with Crippen molar-refractivity contribution in [2.24, 2.45) is 0 Å². The molecule has 2 N–H and O–H groups in total. The Hall–Kier alpha value is -2.90. The van der Waals surface area contributed by atoms with Crippen LogP contribution >= 0.6 is 11.6 Å². The van der Waals surface area contributed by atoms with Crippen molar-refractivity contribution in [3.8, 4) is 0 Å². The highest BCUT2D eigenvalue weighted by Gasteiger charge is 2.33. The van der Waals surface area contributed by atoms with E-state index in [0.29, 0.717) is 28.4 Å². The van der Waals surface area contributed by atoms with Crippen LogP contribution in [0.3, 0.4) is 0 Å². The summed E-state index contributed by atoms with van der Waals surface area (Å²) in [4.78, 5) is 39.6. The summed E-state index contributed by atoms with van der Waals surface area (Å²) in [5, 5.41) is 3.71. The number of benzene rings is 2. The number of hydrogen-bond donors (Lipinski definition) is 2. The zero-order valence-electron chi connectivity index (χ0n) is 24.0. The van der Waals surface area contributed by atoms with Crippen molar-refractivity contribution in [1.82, 2.24) is 25.1 Å². The fraction of sp³-hybridized carbons (Fsp3) is 0.531. The third-order valence-electron chi connectivity index (χ3n) is 8.58. The molecule has 2 amide bonds. The number of piperidine rings is 1. The van der Waals surface area contributed by atoms with Crippen LogP contribution in [0.2, 0.25) is 5.02 Å². The average Bonchev–Trinajstić information content (AvgIpc) is 3.73. The fourth-order valence-corrected chi connectivity index (χ4v) is 6.17. The van der Waals surface area contributed by atoms with Crippen LogP contribution in [0.4, 0.5) is 0 Å². The second-order valence-corrected chi connectivity index (χ2v) is 11.8. The minimum Gasteiger partial charge on any atom is -0.342 e. The van der Waals surface area contributed by atoms with Gasteiger partial charge in [-0.05, 0) is 119 Å². The minimum atomic E-state index is -0.310. The van der Waals surface area contributed by atoms with Crippen LogP contribution in [0.25, 0.3) is 11.0 Å². The average molecular weight is 564 g/mol.